The van der Waals surface area contributed by atoms with Crippen LogP contribution >= 0.6 is 0 Å². The number of carbonyl (C=O) groups is 1. The van der Waals surface area contributed by atoms with Crippen molar-refractivity contribution in [1.82, 2.24) is 0 Å². The fraction of sp³-hybridized carbons (Fsp3) is 0.211. The number of aromatic nitrogens is 1. The minimum Gasteiger partial charge on any atom is -0.758 e. The van der Waals surface area contributed by atoms with Crippen molar-refractivity contribution in [3.63, 3.8) is 0 Å². The van der Waals surface area contributed by atoms with Crippen LogP contribution in [0.5, 0.6) is 0 Å². The Kier molecular flexibility index (Phi) is 6.73. The molecule has 0 amide bonds. The van der Waals surface area contributed by atoms with Gasteiger partial charge in [0.2, 0.25) is 11.8 Å². The molecule has 27 heavy (non-hydrogen) atoms. The van der Waals surface area contributed by atoms with E-state index in [4.69, 9.17) is 12.6 Å². The summed E-state index contributed by atoms with van der Waals surface area (Å²) >= 11 is 5.38. The molecule has 0 aliphatic rings. The summed E-state index contributed by atoms with van der Waals surface area (Å²) < 4.78 is 1.69. The molecule has 0 unspecified atom stereocenters. The number of Topliss-reactive ketones (excluding diaryl/α,β-unsaturated/α-hetero) is 1. The molecule has 2 rings (SSSR count). The lowest BCUT2D eigenvalue weighted by atomic mass is 10.0. The van der Waals surface area contributed by atoms with Gasteiger partial charge in [0.15, 0.2) is 12.4 Å². The Hall–Kier alpha value is -3.13. The number of rotatable bonds is 8. The lowest BCUT2D eigenvalue weighted by Gasteiger charge is -2.19. The number of hydrogen-bond acceptors (Lipinski definition) is 6. The van der Waals surface area contributed by atoms with Crippen molar-refractivity contribution >= 4 is 34.8 Å². The lowest BCUT2D eigenvalue weighted by Crippen LogP contribution is -2.47. The highest BCUT2D eigenvalue weighted by Crippen LogP contribution is 2.17. The number of non-ortho nitro benzene ring substituents is 1. The Morgan fingerprint density at radius 2 is 1.89 bits per heavy atom. The number of nitro groups is 1. The standard InChI is InChI=1S/C19H20N4O3S/c1-4-11-20-19(27)17(22-12-9-15(10-13-22)21(2)3)18(24)14-5-7-16(8-6-14)23(25)26/h4-10,12-13,17H,1,11H2,2-3H3/t17-/m1/s1. The molecule has 2 aromatic rings. The van der Waals surface area contributed by atoms with Gasteiger partial charge in [-0.3, -0.25) is 14.9 Å². The van der Waals surface area contributed by atoms with E-state index in [1.165, 1.54) is 24.3 Å². The molecule has 0 N–H and O–H groups in total. The molecule has 0 radical (unpaired) electrons. The summed E-state index contributed by atoms with van der Waals surface area (Å²) in [5.41, 5.74) is 1.22. The zero-order valence-corrected chi connectivity index (χ0v) is 15.9. The Labute approximate surface area is 163 Å². The van der Waals surface area contributed by atoms with Gasteiger partial charge in [-0.25, -0.2) is 0 Å². The van der Waals surface area contributed by atoms with Gasteiger partial charge in [0.1, 0.15) is 0 Å². The van der Waals surface area contributed by atoms with E-state index in [1.54, 1.807) is 23.0 Å². The van der Waals surface area contributed by atoms with Gasteiger partial charge in [-0.2, -0.15) is 4.57 Å². The first kappa shape index (κ1) is 20.2. The van der Waals surface area contributed by atoms with Crippen LogP contribution in [0.25, 0.3) is 0 Å². The molecule has 0 spiro atoms. The van der Waals surface area contributed by atoms with Gasteiger partial charge in [0.05, 0.1) is 11.5 Å². The largest absolute Gasteiger partial charge is 0.758 e. The van der Waals surface area contributed by atoms with Gasteiger partial charge < -0.3 is 22.5 Å². The highest BCUT2D eigenvalue weighted by molar-refractivity contribution is 7.77. The third kappa shape index (κ3) is 4.95. The van der Waals surface area contributed by atoms with Crippen molar-refractivity contribution in [3.05, 3.63) is 77.1 Å². The number of nitro benzene ring substituents is 1. The summed E-state index contributed by atoms with van der Waals surface area (Å²) in [4.78, 5) is 29.5. The Bertz CT molecular complexity index is 862. The van der Waals surface area contributed by atoms with Gasteiger partial charge in [-0.1, -0.05) is 6.08 Å². The third-order valence-corrected chi connectivity index (χ3v) is 4.22. The van der Waals surface area contributed by atoms with Crippen molar-refractivity contribution in [1.29, 1.82) is 0 Å². The Balaban J connectivity index is 2.43. The second-order valence-electron chi connectivity index (χ2n) is 5.94. The molecule has 1 aromatic carbocycles. The maximum Gasteiger partial charge on any atom is 0.269 e. The monoisotopic (exact) mass is 384 g/mol. The molecule has 1 aromatic heterocycles. The number of aliphatic imine (C=N–C) groups is 1. The zero-order chi connectivity index (χ0) is 20.0. The number of benzene rings is 1. The van der Waals surface area contributed by atoms with Crippen LogP contribution in [0.3, 0.4) is 0 Å². The Morgan fingerprint density at radius 1 is 1.30 bits per heavy atom. The second kappa shape index (κ2) is 9.00. The van der Waals surface area contributed by atoms with Crippen molar-refractivity contribution in [2.45, 2.75) is 6.04 Å². The van der Waals surface area contributed by atoms with Crippen LogP contribution in [0, 0.1) is 10.1 Å². The summed E-state index contributed by atoms with van der Waals surface area (Å²) in [5, 5.41) is 11.0. The van der Waals surface area contributed by atoms with Crippen LogP contribution in [0.15, 0.2) is 66.4 Å². The van der Waals surface area contributed by atoms with Crippen molar-refractivity contribution in [2.75, 3.05) is 25.5 Å². The van der Waals surface area contributed by atoms with Crippen LogP contribution in [0.1, 0.15) is 16.4 Å². The zero-order valence-electron chi connectivity index (χ0n) is 15.1. The summed E-state index contributed by atoms with van der Waals surface area (Å²) in [5.74, 6) is -0.287. The highest BCUT2D eigenvalue weighted by atomic mass is 32.1. The van der Waals surface area contributed by atoms with Crippen LogP contribution in [-0.2, 0) is 12.6 Å². The number of carbonyl (C=O) groups excluding carboxylic acids is 1. The molecule has 0 bridgehead atoms. The predicted molar refractivity (Wildman–Crippen MR) is 107 cm³/mol. The third-order valence-electron chi connectivity index (χ3n) is 3.87. The van der Waals surface area contributed by atoms with Crippen LogP contribution in [0.4, 0.5) is 11.4 Å². The van der Waals surface area contributed by atoms with E-state index in [9.17, 15) is 14.9 Å². The van der Waals surface area contributed by atoms with E-state index in [-0.39, 0.29) is 16.5 Å². The minimum atomic E-state index is -0.822. The average Bonchev–Trinajstić information content (AvgIpc) is 2.66. The maximum absolute atomic E-state index is 13.1. The number of pyridine rings is 1. The summed E-state index contributed by atoms with van der Waals surface area (Å²) in [6.45, 7) is 3.92. The molecule has 140 valence electrons. The molecular weight excluding hydrogens is 364 g/mol. The van der Waals surface area contributed by atoms with E-state index in [0.717, 1.165) is 5.69 Å². The van der Waals surface area contributed by atoms with Crippen molar-refractivity contribution in [2.24, 2.45) is 4.99 Å². The van der Waals surface area contributed by atoms with Gasteiger partial charge in [-0.15, -0.1) is 6.58 Å². The normalized spacial score (nSPS) is 12.3. The number of ketones is 1. The van der Waals surface area contributed by atoms with E-state index in [2.05, 4.69) is 11.6 Å². The molecule has 8 heteroatoms. The first-order valence-electron chi connectivity index (χ1n) is 8.14. The van der Waals surface area contributed by atoms with Crippen LogP contribution in [-0.4, -0.2) is 36.4 Å². The molecule has 1 atom stereocenters. The van der Waals surface area contributed by atoms with Gasteiger partial charge >= 0.3 is 0 Å². The average molecular weight is 384 g/mol. The number of nitrogens with zero attached hydrogens (tertiary/aromatic N) is 4. The topological polar surface area (TPSA) is 79.7 Å². The quantitative estimate of drug-likeness (QED) is 0.102. The fourth-order valence-corrected chi connectivity index (χ4v) is 2.73. The molecule has 0 aliphatic heterocycles. The van der Waals surface area contributed by atoms with E-state index in [0.29, 0.717) is 12.1 Å². The maximum atomic E-state index is 13.1. The lowest BCUT2D eigenvalue weighted by molar-refractivity contribution is -0.691. The second-order valence-corrected chi connectivity index (χ2v) is 6.35. The molecular formula is C19H20N4O3S. The summed E-state index contributed by atoms with van der Waals surface area (Å²) in [7, 11) is 3.84. The van der Waals surface area contributed by atoms with Gasteiger partial charge in [-0.05, 0) is 17.2 Å². The van der Waals surface area contributed by atoms with Crippen LogP contribution < -0.4 is 9.47 Å². The molecule has 0 saturated carbocycles. The predicted octanol–water partition coefficient (Wildman–Crippen LogP) is 2.50. The van der Waals surface area contributed by atoms with Crippen molar-refractivity contribution < 1.29 is 14.3 Å². The highest BCUT2D eigenvalue weighted by Gasteiger charge is 2.28. The number of anilines is 1. The van der Waals surface area contributed by atoms with E-state index < -0.39 is 11.0 Å². The van der Waals surface area contributed by atoms with Gasteiger partial charge in [0, 0.05) is 49.6 Å². The molecule has 0 saturated heterocycles. The first-order chi connectivity index (χ1) is 12.8. The summed E-state index contributed by atoms with van der Waals surface area (Å²) in [6, 6.07) is 8.37. The molecule has 0 aliphatic carbocycles. The van der Waals surface area contributed by atoms with E-state index in [1.807, 2.05) is 31.1 Å². The van der Waals surface area contributed by atoms with Gasteiger partial charge in [0.25, 0.3) is 5.69 Å². The van der Waals surface area contributed by atoms with Crippen LogP contribution in [0.2, 0.25) is 0 Å². The first-order valence-corrected chi connectivity index (χ1v) is 8.55. The van der Waals surface area contributed by atoms with Crippen molar-refractivity contribution in [3.8, 4) is 0 Å². The summed E-state index contributed by atoms with van der Waals surface area (Å²) in [6.07, 6.45) is 5.12. The minimum absolute atomic E-state index is 0.0787. The number of hydrogen-bond donors (Lipinski definition) is 0. The molecule has 7 nitrogen and oxygen atoms in total. The smallest absolute Gasteiger partial charge is 0.269 e. The molecule has 1 heterocycles. The SMILES string of the molecule is C=CCN=C([S-])[C@@H](C(=O)c1ccc([N+](=O)[O-])cc1)[n+]1ccc(N(C)C)cc1. The molecule has 0 fully saturated rings. The van der Waals surface area contributed by atoms with E-state index >= 15 is 0 Å². The fourth-order valence-electron chi connectivity index (χ4n) is 2.42. The Morgan fingerprint density at radius 3 is 2.37 bits per heavy atom.